The Balaban J connectivity index is 3.15. The Hall–Kier alpha value is -0.400. The summed E-state index contributed by atoms with van der Waals surface area (Å²) in [5, 5.41) is 0. The molecule has 0 N–H and O–H groups in total. The van der Waals surface area contributed by atoms with E-state index in [0.29, 0.717) is 13.0 Å². The maximum Gasteiger partial charge on any atom is 0.119 e. The summed E-state index contributed by atoms with van der Waals surface area (Å²) >= 11 is 0. The molecule has 0 saturated heterocycles. The second-order valence-electron chi connectivity index (χ2n) is 1.96. The summed E-state index contributed by atoms with van der Waals surface area (Å²) in [4.78, 5) is 3.86. The van der Waals surface area contributed by atoms with Crippen LogP contribution < -0.4 is 0 Å². The normalized spacial score (nSPS) is 14.6. The van der Waals surface area contributed by atoms with Crippen molar-refractivity contribution in [1.82, 2.24) is 0 Å². The van der Waals surface area contributed by atoms with Crippen molar-refractivity contribution in [3.05, 3.63) is 0 Å². The van der Waals surface area contributed by atoms with Crippen molar-refractivity contribution >= 4 is 6.21 Å². The SMILES string of the molecule is CCC=NCC(F)CC. The summed E-state index contributed by atoms with van der Waals surface area (Å²) in [6.07, 6.45) is 2.48. The first kappa shape index (κ1) is 8.60. The number of hydrogen-bond donors (Lipinski definition) is 0. The van der Waals surface area contributed by atoms with Crippen molar-refractivity contribution in [1.29, 1.82) is 0 Å². The monoisotopic (exact) mass is 131 g/mol. The average Bonchev–Trinajstić information content (AvgIpc) is 1.89. The number of hydrogen-bond acceptors (Lipinski definition) is 1. The highest BCUT2D eigenvalue weighted by Crippen LogP contribution is 1.95. The molecule has 1 nitrogen and oxygen atoms in total. The summed E-state index contributed by atoms with van der Waals surface area (Å²) in [6.45, 7) is 4.15. The van der Waals surface area contributed by atoms with Crippen LogP contribution in [0.3, 0.4) is 0 Å². The molecule has 0 amide bonds. The van der Waals surface area contributed by atoms with Crippen LogP contribution in [0, 0.1) is 0 Å². The smallest absolute Gasteiger partial charge is 0.119 e. The van der Waals surface area contributed by atoms with E-state index in [4.69, 9.17) is 0 Å². The minimum atomic E-state index is -0.743. The lowest BCUT2D eigenvalue weighted by atomic mass is 10.3. The van der Waals surface area contributed by atoms with Crippen LogP contribution in [0.1, 0.15) is 26.7 Å². The predicted molar refractivity (Wildman–Crippen MR) is 38.8 cm³/mol. The average molecular weight is 131 g/mol. The van der Waals surface area contributed by atoms with Crippen molar-refractivity contribution in [2.24, 2.45) is 4.99 Å². The Bertz CT molecular complexity index is 81.0. The quantitative estimate of drug-likeness (QED) is 0.519. The van der Waals surface area contributed by atoms with E-state index in [1.54, 1.807) is 6.21 Å². The topological polar surface area (TPSA) is 12.4 Å². The van der Waals surface area contributed by atoms with Crippen LogP contribution in [0.4, 0.5) is 4.39 Å². The lowest BCUT2D eigenvalue weighted by molar-refractivity contribution is 0.334. The van der Waals surface area contributed by atoms with Crippen LogP contribution in [0.5, 0.6) is 0 Å². The molecule has 1 unspecified atom stereocenters. The molecule has 0 fully saturated rings. The van der Waals surface area contributed by atoms with Gasteiger partial charge in [-0.15, -0.1) is 0 Å². The maximum atomic E-state index is 12.3. The van der Waals surface area contributed by atoms with Gasteiger partial charge in [0.05, 0.1) is 6.54 Å². The van der Waals surface area contributed by atoms with Gasteiger partial charge in [-0.25, -0.2) is 4.39 Å². The van der Waals surface area contributed by atoms with Crippen LogP contribution >= 0.6 is 0 Å². The van der Waals surface area contributed by atoms with E-state index in [0.717, 1.165) is 6.42 Å². The van der Waals surface area contributed by atoms with E-state index in [1.807, 2.05) is 13.8 Å². The summed E-state index contributed by atoms with van der Waals surface area (Å²) in [5.74, 6) is 0. The lowest BCUT2D eigenvalue weighted by Crippen LogP contribution is -2.01. The molecule has 0 saturated carbocycles. The van der Waals surface area contributed by atoms with Gasteiger partial charge in [-0.2, -0.15) is 0 Å². The summed E-state index contributed by atoms with van der Waals surface area (Å²) in [6, 6.07) is 0. The molecule has 0 spiro atoms. The molecule has 0 aliphatic rings. The van der Waals surface area contributed by atoms with Crippen LogP contribution in [0.2, 0.25) is 0 Å². The molecule has 0 rings (SSSR count). The first-order valence-electron chi connectivity index (χ1n) is 3.43. The van der Waals surface area contributed by atoms with Crippen LogP contribution in [-0.4, -0.2) is 18.9 Å². The Kier molecular flexibility index (Phi) is 5.48. The van der Waals surface area contributed by atoms with Gasteiger partial charge in [-0.3, -0.25) is 4.99 Å². The van der Waals surface area contributed by atoms with E-state index >= 15 is 0 Å². The molecule has 54 valence electrons. The van der Waals surface area contributed by atoms with Gasteiger partial charge in [0.2, 0.25) is 0 Å². The minimum Gasteiger partial charge on any atom is -0.295 e. The Morgan fingerprint density at radius 2 is 2.22 bits per heavy atom. The molecule has 0 aromatic rings. The third-order valence-electron chi connectivity index (χ3n) is 1.06. The van der Waals surface area contributed by atoms with Gasteiger partial charge < -0.3 is 0 Å². The van der Waals surface area contributed by atoms with Gasteiger partial charge in [-0.05, 0) is 19.1 Å². The molecule has 1 atom stereocenters. The fraction of sp³-hybridized carbons (Fsp3) is 0.857. The molecule has 9 heavy (non-hydrogen) atoms. The van der Waals surface area contributed by atoms with E-state index in [-0.39, 0.29) is 0 Å². The van der Waals surface area contributed by atoms with E-state index in [9.17, 15) is 4.39 Å². The van der Waals surface area contributed by atoms with Gasteiger partial charge in [-0.1, -0.05) is 13.8 Å². The molecule has 0 heterocycles. The predicted octanol–water partition coefficient (Wildman–Crippen LogP) is 2.22. The van der Waals surface area contributed by atoms with Crippen molar-refractivity contribution in [2.45, 2.75) is 32.9 Å². The molecule has 0 aromatic carbocycles. The van der Waals surface area contributed by atoms with Crippen molar-refractivity contribution < 1.29 is 4.39 Å². The van der Waals surface area contributed by atoms with E-state index < -0.39 is 6.17 Å². The third-order valence-corrected chi connectivity index (χ3v) is 1.06. The van der Waals surface area contributed by atoms with Crippen LogP contribution in [-0.2, 0) is 0 Å². The zero-order valence-corrected chi connectivity index (χ0v) is 6.10. The molecule has 0 aliphatic carbocycles. The second kappa shape index (κ2) is 5.73. The number of nitrogens with zero attached hydrogens (tertiary/aromatic N) is 1. The van der Waals surface area contributed by atoms with Gasteiger partial charge in [0.25, 0.3) is 0 Å². The first-order valence-corrected chi connectivity index (χ1v) is 3.43. The molecule has 2 heteroatoms. The molecule has 0 aliphatic heterocycles. The zero-order chi connectivity index (χ0) is 7.11. The second-order valence-corrected chi connectivity index (χ2v) is 1.96. The Morgan fingerprint density at radius 3 is 2.67 bits per heavy atom. The highest BCUT2D eigenvalue weighted by Gasteiger charge is 1.97. The lowest BCUT2D eigenvalue weighted by Gasteiger charge is -1.97. The Morgan fingerprint density at radius 1 is 1.56 bits per heavy atom. The molecule has 0 radical (unpaired) electrons. The van der Waals surface area contributed by atoms with Crippen LogP contribution in [0.25, 0.3) is 0 Å². The van der Waals surface area contributed by atoms with Gasteiger partial charge in [0.15, 0.2) is 0 Å². The van der Waals surface area contributed by atoms with E-state index in [1.165, 1.54) is 0 Å². The Labute approximate surface area is 56.0 Å². The van der Waals surface area contributed by atoms with Crippen LogP contribution in [0.15, 0.2) is 4.99 Å². The number of alkyl halides is 1. The van der Waals surface area contributed by atoms with Crippen molar-refractivity contribution in [3.63, 3.8) is 0 Å². The molecule has 0 aromatic heterocycles. The molecular formula is C7H14FN. The van der Waals surface area contributed by atoms with Crippen molar-refractivity contribution in [2.75, 3.05) is 6.54 Å². The van der Waals surface area contributed by atoms with Gasteiger partial charge in [0, 0.05) is 0 Å². The molecular weight excluding hydrogens is 117 g/mol. The summed E-state index contributed by atoms with van der Waals surface area (Å²) < 4.78 is 12.3. The standard InChI is InChI=1S/C7H14FN/c1-3-5-9-6-7(8)4-2/h5,7H,3-4,6H2,1-2H3. The van der Waals surface area contributed by atoms with E-state index in [2.05, 4.69) is 4.99 Å². The minimum absolute atomic E-state index is 0.338. The zero-order valence-electron chi connectivity index (χ0n) is 6.10. The van der Waals surface area contributed by atoms with Crippen molar-refractivity contribution in [3.8, 4) is 0 Å². The number of halogens is 1. The highest BCUT2D eigenvalue weighted by atomic mass is 19.1. The fourth-order valence-corrected chi connectivity index (χ4v) is 0.447. The van der Waals surface area contributed by atoms with Gasteiger partial charge >= 0.3 is 0 Å². The summed E-state index contributed by atoms with van der Waals surface area (Å²) in [5.41, 5.74) is 0. The largest absolute Gasteiger partial charge is 0.295 e. The fourth-order valence-electron chi connectivity index (χ4n) is 0.447. The first-order chi connectivity index (χ1) is 4.31. The molecule has 0 bridgehead atoms. The maximum absolute atomic E-state index is 12.3. The van der Waals surface area contributed by atoms with Gasteiger partial charge in [0.1, 0.15) is 6.17 Å². The highest BCUT2D eigenvalue weighted by molar-refractivity contribution is 5.56. The summed E-state index contributed by atoms with van der Waals surface area (Å²) in [7, 11) is 0. The third kappa shape index (κ3) is 5.47. The number of rotatable bonds is 4. The number of aliphatic imine (C=N–C) groups is 1.